The van der Waals surface area contributed by atoms with E-state index in [-0.39, 0.29) is 36.0 Å². The Kier molecular flexibility index (Phi) is 8.66. The maximum Gasteiger partial charge on any atom is 1.00 e. The van der Waals surface area contributed by atoms with Gasteiger partial charge in [-0.1, -0.05) is 11.6 Å². The Balaban J connectivity index is 0.00000196. The summed E-state index contributed by atoms with van der Waals surface area (Å²) >= 11 is 7.34. The van der Waals surface area contributed by atoms with Crippen LogP contribution in [0.4, 0.5) is 0 Å². The van der Waals surface area contributed by atoms with Crippen molar-refractivity contribution in [3.63, 3.8) is 0 Å². The van der Waals surface area contributed by atoms with Crippen LogP contribution in [0.25, 0.3) is 0 Å². The summed E-state index contributed by atoms with van der Waals surface area (Å²) < 4.78 is 0. The van der Waals surface area contributed by atoms with Gasteiger partial charge in [0.15, 0.2) is 0 Å². The summed E-state index contributed by atoms with van der Waals surface area (Å²) in [7, 11) is 0. The van der Waals surface area contributed by atoms with Gasteiger partial charge in [-0.25, -0.2) is 0 Å². The third kappa shape index (κ3) is 7.25. The minimum atomic E-state index is -0.985. The molecule has 1 aromatic carbocycles. The standard InChI is InChI=1S/C10H11ClO2S.Na/c11-8-3-5-9(6-4-8)14-7-1-2-10(12)13;/h3-6H,1-2,7H2,(H,12,13);/q;+1/p-1. The van der Waals surface area contributed by atoms with Crippen LogP contribution >= 0.6 is 23.4 Å². The van der Waals surface area contributed by atoms with Gasteiger partial charge in [0.05, 0.1) is 0 Å². The van der Waals surface area contributed by atoms with E-state index in [2.05, 4.69) is 0 Å². The van der Waals surface area contributed by atoms with Crippen LogP contribution in [0.2, 0.25) is 5.02 Å². The molecule has 0 saturated carbocycles. The van der Waals surface area contributed by atoms with Gasteiger partial charge in [0.25, 0.3) is 0 Å². The predicted octanol–water partition coefficient (Wildman–Crippen LogP) is -1.03. The van der Waals surface area contributed by atoms with E-state index in [1.807, 2.05) is 24.3 Å². The summed E-state index contributed by atoms with van der Waals surface area (Å²) in [6.45, 7) is 0. The Morgan fingerprint density at radius 1 is 1.33 bits per heavy atom. The fourth-order valence-electron chi connectivity index (χ4n) is 0.937. The maximum absolute atomic E-state index is 10.1. The number of carboxylic acid groups (broad SMARTS) is 1. The molecule has 0 aliphatic heterocycles. The number of carbonyl (C=O) groups excluding carboxylic acids is 1. The number of hydrogen-bond acceptors (Lipinski definition) is 3. The van der Waals surface area contributed by atoms with E-state index in [9.17, 15) is 9.90 Å². The summed E-state index contributed by atoms with van der Waals surface area (Å²) in [5, 5.41) is 10.8. The molecule has 0 saturated heterocycles. The average Bonchev–Trinajstić information content (AvgIpc) is 2.15. The Morgan fingerprint density at radius 3 is 2.47 bits per heavy atom. The van der Waals surface area contributed by atoms with Crippen LogP contribution in [0, 0.1) is 0 Å². The SMILES string of the molecule is O=C([O-])CCCSc1ccc(Cl)cc1.[Na+]. The van der Waals surface area contributed by atoms with Crippen LogP contribution in [-0.4, -0.2) is 11.7 Å². The van der Waals surface area contributed by atoms with E-state index >= 15 is 0 Å². The van der Waals surface area contributed by atoms with Gasteiger partial charge in [-0.15, -0.1) is 11.8 Å². The molecule has 15 heavy (non-hydrogen) atoms. The van der Waals surface area contributed by atoms with Crippen molar-refractivity contribution >= 4 is 29.3 Å². The molecule has 76 valence electrons. The molecular formula is C10H10ClNaO2S. The number of rotatable bonds is 5. The van der Waals surface area contributed by atoms with Crippen molar-refractivity contribution in [3.05, 3.63) is 29.3 Å². The molecule has 0 bridgehead atoms. The first-order valence-corrected chi connectivity index (χ1v) is 5.63. The number of carboxylic acids is 1. The fourth-order valence-corrected chi connectivity index (χ4v) is 1.92. The summed E-state index contributed by atoms with van der Waals surface area (Å²) in [6, 6.07) is 7.49. The molecule has 2 nitrogen and oxygen atoms in total. The van der Waals surface area contributed by atoms with Crippen molar-refractivity contribution in [2.75, 3.05) is 5.75 Å². The molecule has 0 aliphatic carbocycles. The van der Waals surface area contributed by atoms with Crippen LogP contribution in [0.15, 0.2) is 29.2 Å². The minimum absolute atomic E-state index is 0. The van der Waals surface area contributed by atoms with Gasteiger partial charge >= 0.3 is 29.6 Å². The van der Waals surface area contributed by atoms with E-state index in [0.717, 1.165) is 10.6 Å². The topological polar surface area (TPSA) is 40.1 Å². The van der Waals surface area contributed by atoms with Gasteiger partial charge in [0.2, 0.25) is 0 Å². The van der Waals surface area contributed by atoms with Crippen LogP contribution in [0.3, 0.4) is 0 Å². The number of aliphatic carboxylic acids is 1. The number of benzene rings is 1. The van der Waals surface area contributed by atoms with E-state index in [4.69, 9.17) is 11.6 Å². The minimum Gasteiger partial charge on any atom is -0.550 e. The summed E-state index contributed by atoms with van der Waals surface area (Å²) in [5.41, 5.74) is 0. The first kappa shape index (κ1) is 15.3. The fraction of sp³-hybridized carbons (Fsp3) is 0.300. The Morgan fingerprint density at radius 2 is 1.93 bits per heavy atom. The number of carbonyl (C=O) groups is 1. The van der Waals surface area contributed by atoms with Crippen molar-refractivity contribution in [3.8, 4) is 0 Å². The van der Waals surface area contributed by atoms with Gasteiger partial charge in [-0.3, -0.25) is 0 Å². The molecule has 0 heterocycles. The Labute approximate surface area is 121 Å². The van der Waals surface area contributed by atoms with E-state index < -0.39 is 5.97 Å². The van der Waals surface area contributed by atoms with Gasteiger partial charge < -0.3 is 9.90 Å². The zero-order valence-electron chi connectivity index (χ0n) is 8.53. The first-order chi connectivity index (χ1) is 6.68. The second-order valence-electron chi connectivity index (χ2n) is 2.78. The third-order valence-corrected chi connectivity index (χ3v) is 2.96. The molecule has 0 radical (unpaired) electrons. The van der Waals surface area contributed by atoms with Crippen molar-refractivity contribution in [1.29, 1.82) is 0 Å². The molecule has 1 aromatic rings. The Bertz CT molecular complexity index is 303. The average molecular weight is 253 g/mol. The smallest absolute Gasteiger partial charge is 0.550 e. The largest absolute Gasteiger partial charge is 1.00 e. The second-order valence-corrected chi connectivity index (χ2v) is 4.38. The van der Waals surface area contributed by atoms with Gasteiger partial charge in [-0.05, 0) is 42.9 Å². The molecular weight excluding hydrogens is 243 g/mol. The third-order valence-electron chi connectivity index (χ3n) is 1.61. The number of halogens is 1. The van der Waals surface area contributed by atoms with Crippen LogP contribution in [0.5, 0.6) is 0 Å². The van der Waals surface area contributed by atoms with Crippen LogP contribution < -0.4 is 34.7 Å². The molecule has 0 N–H and O–H groups in total. The molecule has 0 atom stereocenters. The predicted molar refractivity (Wildman–Crippen MR) is 56.4 cm³/mol. The first-order valence-electron chi connectivity index (χ1n) is 4.26. The molecule has 0 fully saturated rings. The summed E-state index contributed by atoms with van der Waals surface area (Å²) in [5.74, 6) is -0.197. The van der Waals surface area contributed by atoms with Crippen molar-refractivity contribution < 1.29 is 39.5 Å². The molecule has 0 aromatic heterocycles. The second kappa shape index (κ2) is 8.48. The maximum atomic E-state index is 10.1. The Hall–Kier alpha value is 0.330. The van der Waals surface area contributed by atoms with E-state index in [1.54, 1.807) is 11.8 Å². The molecule has 0 aliphatic rings. The van der Waals surface area contributed by atoms with Crippen molar-refractivity contribution in [1.82, 2.24) is 0 Å². The molecule has 0 amide bonds. The van der Waals surface area contributed by atoms with Crippen molar-refractivity contribution in [2.24, 2.45) is 0 Å². The van der Waals surface area contributed by atoms with E-state index in [0.29, 0.717) is 11.4 Å². The molecule has 5 heteroatoms. The number of hydrogen-bond donors (Lipinski definition) is 0. The van der Waals surface area contributed by atoms with Crippen molar-refractivity contribution in [2.45, 2.75) is 17.7 Å². The summed E-state index contributed by atoms with van der Waals surface area (Å²) in [6.07, 6.45) is 0.760. The molecule has 0 unspecified atom stereocenters. The zero-order valence-corrected chi connectivity index (χ0v) is 12.1. The quantitative estimate of drug-likeness (QED) is 0.382. The monoisotopic (exact) mass is 252 g/mol. The van der Waals surface area contributed by atoms with Gasteiger partial charge in [0, 0.05) is 15.9 Å². The van der Waals surface area contributed by atoms with Gasteiger partial charge in [-0.2, -0.15) is 0 Å². The van der Waals surface area contributed by atoms with E-state index in [1.165, 1.54) is 0 Å². The number of thioether (sulfide) groups is 1. The normalized spacial score (nSPS) is 9.40. The van der Waals surface area contributed by atoms with Crippen LogP contribution in [0.1, 0.15) is 12.8 Å². The van der Waals surface area contributed by atoms with Gasteiger partial charge in [0.1, 0.15) is 0 Å². The van der Waals surface area contributed by atoms with Crippen LogP contribution in [-0.2, 0) is 4.79 Å². The molecule has 1 rings (SSSR count). The summed E-state index contributed by atoms with van der Waals surface area (Å²) in [4.78, 5) is 11.2. The molecule has 0 spiro atoms. The zero-order chi connectivity index (χ0) is 10.4.